The molecule has 0 aliphatic carbocycles. The van der Waals surface area contributed by atoms with Crippen molar-refractivity contribution in [1.82, 2.24) is 0 Å². The van der Waals surface area contributed by atoms with E-state index in [9.17, 15) is 9.59 Å². The van der Waals surface area contributed by atoms with Crippen LogP contribution in [0, 0.1) is 11.8 Å². The lowest BCUT2D eigenvalue weighted by atomic mass is 10.0. The monoisotopic (exact) mass is 322 g/mol. The van der Waals surface area contributed by atoms with Crippen molar-refractivity contribution in [3.63, 3.8) is 0 Å². The number of ether oxygens (including phenoxy) is 1. The smallest absolute Gasteiger partial charge is 0.317 e. The van der Waals surface area contributed by atoms with Crippen LogP contribution < -0.4 is 5.01 Å². The Balaban J connectivity index is 2.16. The molecule has 118 valence electrons. The zero-order valence-electron chi connectivity index (χ0n) is 12.9. The highest BCUT2D eigenvalue weighted by atomic mass is 35.5. The molecule has 0 saturated heterocycles. The van der Waals surface area contributed by atoms with Crippen LogP contribution in [-0.4, -0.2) is 30.6 Å². The maximum atomic E-state index is 12.2. The standard InChI is InChI=1S/C16H19ClN2O3/c1-10(2)9-22-16(21)14-8-19(18-15(14)11(3)20)13-6-4-12(17)5-7-13/h4-7,10,14H,8-9H2,1-3H3/t14-/m1/s1. The number of Topliss-reactive ketones (excluding diaryl/α,β-unsaturated/α-hetero) is 1. The normalized spacial score (nSPS) is 17.6. The Bertz CT molecular complexity index is 596. The van der Waals surface area contributed by atoms with Crippen molar-refractivity contribution in [3.8, 4) is 0 Å². The summed E-state index contributed by atoms with van der Waals surface area (Å²) >= 11 is 5.86. The van der Waals surface area contributed by atoms with E-state index in [4.69, 9.17) is 16.3 Å². The molecule has 22 heavy (non-hydrogen) atoms. The number of anilines is 1. The molecule has 0 N–H and O–H groups in total. The SMILES string of the molecule is CC(=O)C1=NN(c2ccc(Cl)cc2)C[C@H]1C(=O)OCC(C)C. The van der Waals surface area contributed by atoms with Crippen LogP contribution in [0.2, 0.25) is 5.02 Å². The van der Waals surface area contributed by atoms with E-state index in [-0.39, 0.29) is 17.4 Å². The zero-order chi connectivity index (χ0) is 16.3. The largest absolute Gasteiger partial charge is 0.465 e. The second-order valence-electron chi connectivity index (χ2n) is 5.68. The minimum absolute atomic E-state index is 0.219. The van der Waals surface area contributed by atoms with Gasteiger partial charge in [0.2, 0.25) is 0 Å². The van der Waals surface area contributed by atoms with Crippen LogP contribution in [0.1, 0.15) is 20.8 Å². The average molecular weight is 323 g/mol. The highest BCUT2D eigenvalue weighted by Crippen LogP contribution is 2.25. The molecule has 1 aliphatic heterocycles. The van der Waals surface area contributed by atoms with E-state index in [0.717, 1.165) is 5.69 Å². The summed E-state index contributed by atoms with van der Waals surface area (Å²) in [5.74, 6) is -1.02. The quantitative estimate of drug-likeness (QED) is 0.782. The molecule has 0 spiro atoms. The third-order valence-corrected chi connectivity index (χ3v) is 3.49. The summed E-state index contributed by atoms with van der Waals surface area (Å²) in [6, 6.07) is 7.07. The van der Waals surface area contributed by atoms with E-state index in [0.29, 0.717) is 18.2 Å². The van der Waals surface area contributed by atoms with Crippen LogP contribution in [0.25, 0.3) is 0 Å². The van der Waals surface area contributed by atoms with E-state index in [1.54, 1.807) is 29.3 Å². The van der Waals surface area contributed by atoms with Crippen molar-refractivity contribution < 1.29 is 14.3 Å². The maximum Gasteiger partial charge on any atom is 0.317 e. The number of carbonyl (C=O) groups excluding carboxylic acids is 2. The Morgan fingerprint density at radius 1 is 1.36 bits per heavy atom. The second kappa shape index (κ2) is 6.92. The summed E-state index contributed by atoms with van der Waals surface area (Å²) in [5.41, 5.74) is 1.02. The van der Waals surface area contributed by atoms with Crippen molar-refractivity contribution in [2.24, 2.45) is 16.9 Å². The molecule has 0 fully saturated rings. The molecule has 1 atom stereocenters. The van der Waals surface area contributed by atoms with Gasteiger partial charge in [-0.2, -0.15) is 5.10 Å². The van der Waals surface area contributed by atoms with Gasteiger partial charge < -0.3 is 4.74 Å². The zero-order valence-corrected chi connectivity index (χ0v) is 13.6. The van der Waals surface area contributed by atoms with Crippen molar-refractivity contribution in [1.29, 1.82) is 0 Å². The number of nitrogens with zero attached hydrogens (tertiary/aromatic N) is 2. The van der Waals surface area contributed by atoms with E-state index in [1.807, 2.05) is 13.8 Å². The first kappa shape index (κ1) is 16.5. The fraction of sp³-hybridized carbons (Fsp3) is 0.438. The van der Waals surface area contributed by atoms with E-state index < -0.39 is 11.9 Å². The second-order valence-corrected chi connectivity index (χ2v) is 6.11. The molecule has 2 rings (SSSR count). The lowest BCUT2D eigenvalue weighted by Crippen LogP contribution is -2.32. The average Bonchev–Trinajstić information content (AvgIpc) is 2.91. The van der Waals surface area contributed by atoms with Crippen LogP contribution >= 0.6 is 11.6 Å². The van der Waals surface area contributed by atoms with Crippen molar-refractivity contribution in [3.05, 3.63) is 29.3 Å². The van der Waals surface area contributed by atoms with Gasteiger partial charge >= 0.3 is 5.97 Å². The molecule has 0 bridgehead atoms. The summed E-state index contributed by atoms with van der Waals surface area (Å²) in [4.78, 5) is 23.9. The van der Waals surface area contributed by atoms with Gasteiger partial charge in [0, 0.05) is 11.9 Å². The topological polar surface area (TPSA) is 59.0 Å². The molecule has 0 aromatic heterocycles. The number of carbonyl (C=O) groups is 2. The van der Waals surface area contributed by atoms with E-state index >= 15 is 0 Å². The Morgan fingerprint density at radius 3 is 2.55 bits per heavy atom. The molecular formula is C16H19ClN2O3. The minimum Gasteiger partial charge on any atom is -0.465 e. The number of rotatable bonds is 5. The van der Waals surface area contributed by atoms with Gasteiger partial charge in [-0.15, -0.1) is 0 Å². The van der Waals surface area contributed by atoms with Crippen molar-refractivity contribution in [2.75, 3.05) is 18.2 Å². The Kier molecular flexibility index (Phi) is 5.19. The fourth-order valence-electron chi connectivity index (χ4n) is 2.13. The first-order chi connectivity index (χ1) is 10.4. The third-order valence-electron chi connectivity index (χ3n) is 3.24. The highest BCUT2D eigenvalue weighted by Gasteiger charge is 2.36. The van der Waals surface area contributed by atoms with Crippen LogP contribution in [0.15, 0.2) is 29.4 Å². The summed E-state index contributed by atoms with van der Waals surface area (Å²) in [6.07, 6.45) is 0. The third kappa shape index (κ3) is 3.85. The number of benzene rings is 1. The first-order valence-corrected chi connectivity index (χ1v) is 7.55. The minimum atomic E-state index is -0.646. The van der Waals surface area contributed by atoms with Gasteiger partial charge in [0.25, 0.3) is 0 Å². The lowest BCUT2D eigenvalue weighted by molar-refractivity contribution is -0.147. The van der Waals surface area contributed by atoms with Gasteiger partial charge in [0.15, 0.2) is 5.78 Å². The molecule has 1 aliphatic rings. The summed E-state index contributed by atoms with van der Waals surface area (Å²) in [5, 5.41) is 6.52. The van der Waals surface area contributed by atoms with E-state index in [2.05, 4.69) is 5.10 Å². The molecular weight excluding hydrogens is 304 g/mol. The van der Waals surface area contributed by atoms with E-state index in [1.165, 1.54) is 6.92 Å². The Morgan fingerprint density at radius 2 is 2.00 bits per heavy atom. The lowest BCUT2D eigenvalue weighted by Gasteiger charge is -2.16. The molecule has 1 aromatic rings. The fourth-order valence-corrected chi connectivity index (χ4v) is 2.25. The van der Waals surface area contributed by atoms with Gasteiger partial charge in [-0.1, -0.05) is 25.4 Å². The summed E-state index contributed by atoms with van der Waals surface area (Å²) < 4.78 is 5.25. The van der Waals surface area contributed by atoms with Crippen molar-refractivity contribution in [2.45, 2.75) is 20.8 Å². The first-order valence-electron chi connectivity index (χ1n) is 7.17. The number of hydrazone groups is 1. The number of hydrogen-bond donors (Lipinski definition) is 0. The van der Waals surface area contributed by atoms with Gasteiger partial charge in [0.1, 0.15) is 11.6 Å². The van der Waals surface area contributed by atoms with Gasteiger partial charge in [0.05, 0.1) is 18.8 Å². The molecule has 0 radical (unpaired) electrons. The molecule has 1 aromatic carbocycles. The highest BCUT2D eigenvalue weighted by molar-refractivity contribution is 6.43. The predicted molar refractivity (Wildman–Crippen MR) is 86.2 cm³/mol. The number of esters is 1. The molecule has 0 amide bonds. The Labute approximate surface area is 134 Å². The molecule has 5 nitrogen and oxygen atoms in total. The number of halogens is 1. The van der Waals surface area contributed by atoms with Crippen LogP contribution in [0.4, 0.5) is 5.69 Å². The molecule has 0 unspecified atom stereocenters. The predicted octanol–water partition coefficient (Wildman–Crippen LogP) is 2.92. The van der Waals surface area contributed by atoms with Crippen LogP contribution in [-0.2, 0) is 14.3 Å². The van der Waals surface area contributed by atoms with Gasteiger partial charge in [-0.25, -0.2) is 0 Å². The summed E-state index contributed by atoms with van der Waals surface area (Å²) in [7, 11) is 0. The number of ketones is 1. The molecule has 6 heteroatoms. The molecule has 0 saturated carbocycles. The molecule has 1 heterocycles. The van der Waals surface area contributed by atoms with Crippen LogP contribution in [0.5, 0.6) is 0 Å². The Hall–Kier alpha value is -1.88. The summed E-state index contributed by atoms with van der Waals surface area (Å²) in [6.45, 7) is 5.96. The number of hydrogen-bond acceptors (Lipinski definition) is 5. The van der Waals surface area contributed by atoms with Gasteiger partial charge in [-0.3, -0.25) is 14.6 Å². The maximum absolute atomic E-state index is 12.2. The van der Waals surface area contributed by atoms with Crippen molar-refractivity contribution >= 4 is 34.8 Å². The van der Waals surface area contributed by atoms with Crippen LogP contribution in [0.3, 0.4) is 0 Å². The van der Waals surface area contributed by atoms with Gasteiger partial charge in [-0.05, 0) is 30.2 Å².